The van der Waals surface area contributed by atoms with Crippen LogP contribution in [0.5, 0.6) is 0 Å². The third kappa shape index (κ3) is 5.07. The van der Waals surface area contributed by atoms with Crippen molar-refractivity contribution in [1.82, 2.24) is 4.98 Å². The molecule has 0 unspecified atom stereocenters. The Bertz CT molecular complexity index is 1370. The zero-order valence-corrected chi connectivity index (χ0v) is 20.1. The average Bonchev–Trinajstić information content (AvgIpc) is 3.24. The van der Waals surface area contributed by atoms with E-state index in [9.17, 15) is 13.2 Å². The van der Waals surface area contributed by atoms with Gasteiger partial charge in [-0.3, -0.25) is 14.8 Å². The molecule has 9 heteroatoms. The van der Waals surface area contributed by atoms with Crippen molar-refractivity contribution < 1.29 is 13.2 Å². The summed E-state index contributed by atoms with van der Waals surface area (Å²) in [5, 5.41) is 5.03. The van der Waals surface area contributed by atoms with Crippen molar-refractivity contribution in [1.29, 1.82) is 0 Å². The minimum Gasteiger partial charge on any atom is -0.298 e. The van der Waals surface area contributed by atoms with Crippen LogP contribution in [-0.4, -0.2) is 19.3 Å². The second kappa shape index (κ2) is 9.23. The van der Waals surface area contributed by atoms with Gasteiger partial charge in [-0.1, -0.05) is 64.0 Å². The van der Waals surface area contributed by atoms with Crippen LogP contribution >= 0.6 is 27.3 Å². The molecule has 2 N–H and O–H groups in total. The van der Waals surface area contributed by atoms with Crippen LogP contribution in [0.4, 0.5) is 10.8 Å². The number of anilines is 2. The van der Waals surface area contributed by atoms with Crippen molar-refractivity contribution in [3.8, 4) is 11.3 Å². The molecular formula is C23H18BrN3O3S2. The normalized spacial score (nSPS) is 11.2. The number of hydrogen-bond donors (Lipinski definition) is 2. The first-order valence-electron chi connectivity index (χ1n) is 9.53. The highest BCUT2D eigenvalue weighted by atomic mass is 79.9. The molecule has 1 heterocycles. The lowest BCUT2D eigenvalue weighted by Gasteiger charge is -2.13. The van der Waals surface area contributed by atoms with Crippen LogP contribution in [0.1, 0.15) is 15.9 Å². The molecule has 32 heavy (non-hydrogen) atoms. The topological polar surface area (TPSA) is 88.2 Å². The lowest BCUT2D eigenvalue weighted by atomic mass is 10.2. The van der Waals surface area contributed by atoms with E-state index < -0.39 is 15.9 Å². The lowest BCUT2D eigenvalue weighted by molar-refractivity contribution is 0.102. The fourth-order valence-electron chi connectivity index (χ4n) is 2.95. The summed E-state index contributed by atoms with van der Waals surface area (Å²) in [5.74, 6) is -0.470. The summed E-state index contributed by atoms with van der Waals surface area (Å²) in [7, 11) is -3.86. The molecule has 162 valence electrons. The molecule has 0 fully saturated rings. The molecule has 0 aliphatic carbocycles. The highest BCUT2D eigenvalue weighted by Gasteiger charge is 2.20. The predicted molar refractivity (Wildman–Crippen MR) is 132 cm³/mol. The van der Waals surface area contributed by atoms with E-state index >= 15 is 0 Å². The van der Waals surface area contributed by atoms with Crippen molar-refractivity contribution in [2.24, 2.45) is 0 Å². The van der Waals surface area contributed by atoms with Gasteiger partial charge in [0.1, 0.15) is 0 Å². The van der Waals surface area contributed by atoms with Crippen molar-refractivity contribution in [2.75, 3.05) is 10.0 Å². The molecule has 1 aromatic heterocycles. The SMILES string of the molecule is Cc1ccc(S(=O)(=O)Nc2ccc(Br)cc2C(=O)Nc2nc(-c3ccccc3)cs2)cc1. The molecule has 0 spiro atoms. The highest BCUT2D eigenvalue weighted by Crippen LogP contribution is 2.28. The Morgan fingerprint density at radius 3 is 2.44 bits per heavy atom. The number of rotatable bonds is 6. The van der Waals surface area contributed by atoms with Gasteiger partial charge in [-0.05, 0) is 37.3 Å². The third-order valence-corrected chi connectivity index (χ3v) is 7.23. The van der Waals surface area contributed by atoms with Crippen molar-refractivity contribution in [3.63, 3.8) is 0 Å². The minimum absolute atomic E-state index is 0.116. The Morgan fingerprint density at radius 2 is 1.72 bits per heavy atom. The van der Waals surface area contributed by atoms with E-state index in [1.807, 2.05) is 42.6 Å². The van der Waals surface area contributed by atoms with E-state index in [1.165, 1.54) is 23.5 Å². The monoisotopic (exact) mass is 527 g/mol. The molecule has 0 radical (unpaired) electrons. The summed E-state index contributed by atoms with van der Waals surface area (Å²) in [4.78, 5) is 17.6. The fraction of sp³-hybridized carbons (Fsp3) is 0.0435. The predicted octanol–water partition coefficient (Wildman–Crippen LogP) is 5.93. The summed E-state index contributed by atoms with van der Waals surface area (Å²) in [6.45, 7) is 1.88. The van der Waals surface area contributed by atoms with Gasteiger partial charge in [0.2, 0.25) is 0 Å². The number of aromatic nitrogens is 1. The van der Waals surface area contributed by atoms with E-state index in [2.05, 4.69) is 31.0 Å². The van der Waals surface area contributed by atoms with Crippen LogP contribution < -0.4 is 10.0 Å². The largest absolute Gasteiger partial charge is 0.298 e. The number of sulfonamides is 1. The summed E-state index contributed by atoms with van der Waals surface area (Å²) in [6.07, 6.45) is 0. The Labute approximate surface area is 198 Å². The zero-order chi connectivity index (χ0) is 22.7. The van der Waals surface area contributed by atoms with Gasteiger partial charge in [0.05, 0.1) is 21.8 Å². The molecule has 0 atom stereocenters. The van der Waals surface area contributed by atoms with Crippen LogP contribution in [0.2, 0.25) is 0 Å². The number of hydrogen-bond acceptors (Lipinski definition) is 5. The molecule has 4 aromatic rings. The zero-order valence-electron chi connectivity index (χ0n) is 16.9. The van der Waals surface area contributed by atoms with Crippen LogP contribution in [0, 0.1) is 6.92 Å². The number of amides is 1. The first kappa shape index (κ1) is 22.2. The molecule has 4 rings (SSSR count). The van der Waals surface area contributed by atoms with Crippen LogP contribution in [0.3, 0.4) is 0 Å². The molecule has 0 bridgehead atoms. The second-order valence-electron chi connectivity index (χ2n) is 6.97. The van der Waals surface area contributed by atoms with Crippen LogP contribution in [0.25, 0.3) is 11.3 Å². The molecule has 1 amide bonds. The third-order valence-electron chi connectivity index (χ3n) is 4.60. The Morgan fingerprint density at radius 1 is 1.00 bits per heavy atom. The summed E-state index contributed by atoms with van der Waals surface area (Å²) < 4.78 is 28.8. The smallest absolute Gasteiger partial charge is 0.261 e. The van der Waals surface area contributed by atoms with Gasteiger partial charge in [0.15, 0.2) is 5.13 Å². The van der Waals surface area contributed by atoms with Crippen molar-refractivity contribution in [2.45, 2.75) is 11.8 Å². The van der Waals surface area contributed by atoms with Crippen LogP contribution in [0.15, 0.2) is 87.5 Å². The standard InChI is InChI=1S/C23H18BrN3O3S2/c1-15-7-10-18(11-8-15)32(29,30)27-20-12-9-17(24)13-19(20)22(28)26-23-25-21(14-31-23)16-5-3-2-4-6-16/h2-14,27H,1H3,(H,25,26,28). The number of carbonyl (C=O) groups is 1. The number of nitrogens with one attached hydrogen (secondary N) is 2. The average molecular weight is 528 g/mol. The molecule has 6 nitrogen and oxygen atoms in total. The number of carbonyl (C=O) groups excluding carboxylic acids is 1. The minimum atomic E-state index is -3.86. The molecule has 0 aliphatic rings. The van der Waals surface area contributed by atoms with E-state index in [-0.39, 0.29) is 16.1 Å². The van der Waals surface area contributed by atoms with Crippen molar-refractivity contribution >= 4 is 54.0 Å². The van der Waals surface area contributed by atoms with Gasteiger partial charge in [0.25, 0.3) is 15.9 Å². The van der Waals surface area contributed by atoms with Gasteiger partial charge in [-0.15, -0.1) is 11.3 Å². The number of nitrogens with zero attached hydrogens (tertiary/aromatic N) is 1. The molecular weight excluding hydrogens is 510 g/mol. The summed E-state index contributed by atoms with van der Waals surface area (Å²) >= 11 is 4.64. The van der Waals surface area contributed by atoms with Crippen molar-refractivity contribution in [3.05, 3.63) is 93.8 Å². The highest BCUT2D eigenvalue weighted by molar-refractivity contribution is 9.10. The quantitative estimate of drug-likeness (QED) is 0.325. The van der Waals surface area contributed by atoms with Gasteiger partial charge in [0, 0.05) is 15.4 Å². The van der Waals surface area contributed by atoms with Crippen LogP contribution in [-0.2, 0) is 10.0 Å². The van der Waals surface area contributed by atoms with Gasteiger partial charge in [-0.2, -0.15) is 0 Å². The number of benzene rings is 3. The number of thiazole rings is 1. The maximum absolute atomic E-state index is 13.0. The van der Waals surface area contributed by atoms with Gasteiger partial charge < -0.3 is 0 Å². The maximum Gasteiger partial charge on any atom is 0.261 e. The first-order chi connectivity index (χ1) is 15.3. The van der Waals surface area contributed by atoms with Gasteiger partial charge in [-0.25, -0.2) is 13.4 Å². The summed E-state index contributed by atoms with van der Waals surface area (Å²) in [6, 6.07) is 20.9. The number of aryl methyl sites for hydroxylation is 1. The fourth-order valence-corrected chi connectivity index (χ4v) is 5.11. The van der Waals surface area contributed by atoms with E-state index in [1.54, 1.807) is 30.3 Å². The Balaban J connectivity index is 1.59. The maximum atomic E-state index is 13.0. The molecule has 0 saturated heterocycles. The van der Waals surface area contributed by atoms with Gasteiger partial charge >= 0.3 is 0 Å². The Kier molecular flexibility index (Phi) is 6.40. The summed E-state index contributed by atoms with van der Waals surface area (Å²) in [5.41, 5.74) is 2.99. The molecule has 3 aromatic carbocycles. The first-order valence-corrected chi connectivity index (χ1v) is 12.7. The molecule has 0 saturated carbocycles. The van der Waals surface area contributed by atoms with E-state index in [0.717, 1.165) is 16.8 Å². The number of halogens is 1. The Hall–Kier alpha value is -3.01. The molecule has 0 aliphatic heterocycles. The lowest BCUT2D eigenvalue weighted by Crippen LogP contribution is -2.18. The van der Waals surface area contributed by atoms with E-state index in [0.29, 0.717) is 9.60 Å². The van der Waals surface area contributed by atoms with E-state index in [4.69, 9.17) is 0 Å². The second-order valence-corrected chi connectivity index (χ2v) is 10.4.